The summed E-state index contributed by atoms with van der Waals surface area (Å²) in [5.41, 5.74) is 0. The number of sulfone groups is 1. The highest BCUT2D eigenvalue weighted by Gasteiger charge is 2.30. The largest absolute Gasteiger partial charge is 0.340 e. The summed E-state index contributed by atoms with van der Waals surface area (Å²) in [5, 5.41) is 3.15. The van der Waals surface area contributed by atoms with Gasteiger partial charge < -0.3 is 10.2 Å². The zero-order valence-corrected chi connectivity index (χ0v) is 12.4. The van der Waals surface area contributed by atoms with Crippen molar-refractivity contribution in [3.05, 3.63) is 0 Å². The Kier molecular flexibility index (Phi) is 4.84. The molecule has 2 fully saturated rings. The Bertz CT molecular complexity index is 422. The standard InChI is InChI=1S/C13H24N2O3S/c1-2-12-5-3-4-7-15(12)13(16)9-11-10-19(17,18)8-6-14-11/h11-12,14H,2-10H2,1H3. The van der Waals surface area contributed by atoms with Gasteiger partial charge in [-0.25, -0.2) is 8.42 Å². The number of nitrogens with zero attached hydrogens (tertiary/aromatic N) is 1. The van der Waals surface area contributed by atoms with E-state index in [0.29, 0.717) is 19.0 Å². The lowest BCUT2D eigenvalue weighted by Gasteiger charge is -2.36. The maximum Gasteiger partial charge on any atom is 0.224 e. The van der Waals surface area contributed by atoms with E-state index < -0.39 is 9.84 Å². The predicted octanol–water partition coefficient (Wildman–Crippen LogP) is 0.554. The van der Waals surface area contributed by atoms with Gasteiger partial charge in [0.2, 0.25) is 5.91 Å². The van der Waals surface area contributed by atoms with Crippen LogP contribution in [-0.2, 0) is 14.6 Å². The van der Waals surface area contributed by atoms with Crippen molar-refractivity contribution in [1.29, 1.82) is 0 Å². The molecule has 0 radical (unpaired) electrons. The lowest BCUT2D eigenvalue weighted by molar-refractivity contribution is -0.135. The van der Waals surface area contributed by atoms with Crippen LogP contribution in [0.1, 0.15) is 39.0 Å². The minimum absolute atomic E-state index is 0.101. The Balaban J connectivity index is 1.92. The quantitative estimate of drug-likeness (QED) is 0.824. The number of carbonyl (C=O) groups is 1. The average molecular weight is 288 g/mol. The van der Waals surface area contributed by atoms with Crippen molar-refractivity contribution in [2.24, 2.45) is 0 Å². The molecule has 0 aromatic heterocycles. The van der Waals surface area contributed by atoms with Gasteiger partial charge in [0.25, 0.3) is 0 Å². The molecule has 0 aromatic carbocycles. The van der Waals surface area contributed by atoms with E-state index in [4.69, 9.17) is 0 Å². The Morgan fingerprint density at radius 1 is 1.37 bits per heavy atom. The highest BCUT2D eigenvalue weighted by molar-refractivity contribution is 7.91. The second kappa shape index (κ2) is 6.22. The molecule has 110 valence electrons. The van der Waals surface area contributed by atoms with Crippen LogP contribution in [-0.4, -0.2) is 55.9 Å². The van der Waals surface area contributed by atoms with Crippen LogP contribution in [0.5, 0.6) is 0 Å². The van der Waals surface area contributed by atoms with E-state index in [-0.39, 0.29) is 23.5 Å². The van der Waals surface area contributed by atoms with E-state index in [2.05, 4.69) is 12.2 Å². The first-order chi connectivity index (χ1) is 9.02. The third-order valence-corrected chi connectivity index (χ3v) is 5.88. The van der Waals surface area contributed by atoms with Gasteiger partial charge in [0.15, 0.2) is 9.84 Å². The second-order valence-electron chi connectivity index (χ2n) is 5.61. The van der Waals surface area contributed by atoms with Crippen molar-refractivity contribution < 1.29 is 13.2 Å². The lowest BCUT2D eigenvalue weighted by Crippen LogP contribution is -2.50. The second-order valence-corrected chi connectivity index (χ2v) is 7.84. The number of carbonyl (C=O) groups excluding carboxylic acids is 1. The fourth-order valence-electron chi connectivity index (χ4n) is 3.08. The fourth-order valence-corrected chi connectivity index (χ4v) is 4.52. The summed E-state index contributed by atoms with van der Waals surface area (Å²) in [6.07, 6.45) is 4.65. The van der Waals surface area contributed by atoms with Crippen LogP contribution < -0.4 is 5.32 Å². The predicted molar refractivity (Wildman–Crippen MR) is 74.7 cm³/mol. The van der Waals surface area contributed by atoms with Crippen LogP contribution in [0.2, 0.25) is 0 Å². The van der Waals surface area contributed by atoms with Gasteiger partial charge in [-0.05, 0) is 25.7 Å². The molecule has 0 spiro atoms. The molecule has 2 atom stereocenters. The monoisotopic (exact) mass is 288 g/mol. The fraction of sp³-hybridized carbons (Fsp3) is 0.923. The summed E-state index contributed by atoms with van der Waals surface area (Å²) in [5.74, 6) is 0.406. The van der Waals surface area contributed by atoms with Crippen LogP contribution in [0, 0.1) is 0 Å². The van der Waals surface area contributed by atoms with E-state index >= 15 is 0 Å². The van der Waals surface area contributed by atoms with Gasteiger partial charge >= 0.3 is 0 Å². The minimum atomic E-state index is -2.96. The van der Waals surface area contributed by atoms with E-state index in [1.807, 2.05) is 4.90 Å². The molecule has 19 heavy (non-hydrogen) atoms. The van der Waals surface area contributed by atoms with Gasteiger partial charge in [-0.2, -0.15) is 0 Å². The molecule has 0 bridgehead atoms. The Hall–Kier alpha value is -0.620. The number of hydrogen-bond acceptors (Lipinski definition) is 4. The number of likely N-dealkylation sites (tertiary alicyclic amines) is 1. The molecule has 1 N–H and O–H groups in total. The molecular formula is C13H24N2O3S. The molecule has 6 heteroatoms. The van der Waals surface area contributed by atoms with Gasteiger partial charge in [-0.15, -0.1) is 0 Å². The molecule has 1 amide bonds. The van der Waals surface area contributed by atoms with Crippen molar-refractivity contribution in [2.45, 2.75) is 51.1 Å². The first kappa shape index (κ1) is 14.8. The highest BCUT2D eigenvalue weighted by atomic mass is 32.2. The molecule has 2 aliphatic heterocycles. The lowest BCUT2D eigenvalue weighted by atomic mass is 9.99. The number of nitrogens with one attached hydrogen (secondary N) is 1. The topological polar surface area (TPSA) is 66.5 Å². The van der Waals surface area contributed by atoms with Gasteiger partial charge in [0, 0.05) is 31.6 Å². The molecule has 2 unspecified atom stereocenters. The molecule has 0 saturated carbocycles. The Morgan fingerprint density at radius 3 is 2.84 bits per heavy atom. The van der Waals surface area contributed by atoms with Crippen molar-refractivity contribution in [1.82, 2.24) is 10.2 Å². The maximum atomic E-state index is 12.3. The van der Waals surface area contributed by atoms with Crippen LogP contribution in [0.15, 0.2) is 0 Å². The molecule has 2 saturated heterocycles. The number of piperidine rings is 1. The smallest absolute Gasteiger partial charge is 0.224 e. The molecule has 5 nitrogen and oxygen atoms in total. The molecule has 2 aliphatic rings. The van der Waals surface area contributed by atoms with Crippen LogP contribution >= 0.6 is 0 Å². The zero-order valence-electron chi connectivity index (χ0n) is 11.6. The Labute approximate surface area is 115 Å². The third-order valence-electron chi connectivity index (χ3n) is 4.14. The number of hydrogen-bond donors (Lipinski definition) is 1. The summed E-state index contributed by atoms with van der Waals surface area (Å²) in [6.45, 7) is 3.41. The first-order valence-electron chi connectivity index (χ1n) is 7.25. The number of rotatable bonds is 3. The normalized spacial score (nSPS) is 31.1. The summed E-state index contributed by atoms with van der Waals surface area (Å²) in [6, 6.07) is 0.145. The summed E-state index contributed by atoms with van der Waals surface area (Å²) >= 11 is 0. The van der Waals surface area contributed by atoms with Crippen molar-refractivity contribution >= 4 is 15.7 Å². The zero-order chi connectivity index (χ0) is 13.9. The van der Waals surface area contributed by atoms with Gasteiger partial charge in [0.05, 0.1) is 11.5 Å². The summed E-state index contributed by atoms with van der Waals surface area (Å²) < 4.78 is 23.1. The van der Waals surface area contributed by atoms with E-state index in [1.165, 1.54) is 6.42 Å². The molecule has 2 heterocycles. The van der Waals surface area contributed by atoms with Gasteiger partial charge in [0.1, 0.15) is 0 Å². The van der Waals surface area contributed by atoms with E-state index in [9.17, 15) is 13.2 Å². The van der Waals surface area contributed by atoms with Crippen molar-refractivity contribution in [3.63, 3.8) is 0 Å². The minimum Gasteiger partial charge on any atom is -0.340 e. The highest BCUT2D eigenvalue weighted by Crippen LogP contribution is 2.21. The third kappa shape index (κ3) is 3.92. The van der Waals surface area contributed by atoms with Crippen molar-refractivity contribution in [3.8, 4) is 0 Å². The summed E-state index contributed by atoms with van der Waals surface area (Å²) in [4.78, 5) is 14.3. The SMILES string of the molecule is CCC1CCCCN1C(=O)CC1CS(=O)(=O)CCN1. The first-order valence-corrected chi connectivity index (χ1v) is 9.07. The van der Waals surface area contributed by atoms with Crippen LogP contribution in [0.4, 0.5) is 0 Å². The Morgan fingerprint density at radius 2 is 2.16 bits per heavy atom. The molecular weight excluding hydrogens is 264 g/mol. The summed E-state index contributed by atoms with van der Waals surface area (Å²) in [7, 11) is -2.96. The van der Waals surface area contributed by atoms with Crippen LogP contribution in [0.3, 0.4) is 0 Å². The molecule has 0 aliphatic carbocycles. The number of amides is 1. The van der Waals surface area contributed by atoms with Crippen LogP contribution in [0.25, 0.3) is 0 Å². The van der Waals surface area contributed by atoms with E-state index in [0.717, 1.165) is 25.8 Å². The molecule has 2 rings (SSSR count). The molecule has 0 aromatic rings. The average Bonchev–Trinajstić information content (AvgIpc) is 2.37. The van der Waals surface area contributed by atoms with Crippen molar-refractivity contribution in [2.75, 3.05) is 24.6 Å². The van der Waals surface area contributed by atoms with Gasteiger partial charge in [-0.1, -0.05) is 6.92 Å². The maximum absolute atomic E-state index is 12.3. The van der Waals surface area contributed by atoms with E-state index in [1.54, 1.807) is 0 Å². The van der Waals surface area contributed by atoms with Gasteiger partial charge in [-0.3, -0.25) is 4.79 Å².